The predicted octanol–water partition coefficient (Wildman–Crippen LogP) is 1.28. The van der Waals surface area contributed by atoms with E-state index in [4.69, 9.17) is 9.29 Å². The summed E-state index contributed by atoms with van der Waals surface area (Å²) in [6, 6.07) is 2.48. The number of hydrogen-bond donors (Lipinski definition) is 2. The predicted molar refractivity (Wildman–Crippen MR) is 108 cm³/mol. The lowest BCUT2D eigenvalue weighted by molar-refractivity contribution is -0.915. The first-order valence-electron chi connectivity index (χ1n) is 9.22. The zero-order valence-corrected chi connectivity index (χ0v) is 18.8. The number of carbonyl (C=O) groups is 2. The molecule has 0 aliphatic heterocycles. The van der Waals surface area contributed by atoms with Crippen LogP contribution in [0.2, 0.25) is 0 Å². The van der Waals surface area contributed by atoms with Gasteiger partial charge in [0.05, 0.1) is 26.9 Å². The van der Waals surface area contributed by atoms with Gasteiger partial charge in [-0.2, -0.15) is 29.2 Å². The highest BCUT2D eigenvalue weighted by atomic mass is 32.2. The number of aliphatic carboxylic acids is 1. The maximum absolute atomic E-state index is 11.6. The molecule has 0 amide bonds. The standard InChI is InChI=1S/C18H27N5O7S/c1-6-15(31(27,28)29)21-22-18(11-19,12-20)10-14(9-16(24)25)23(4,5)7-8-30-17(26)13(2)3/h14-15H,2,6-10H2,1,3-5H3,(H-,24,25,27,28,29)/p+1. The van der Waals surface area contributed by atoms with E-state index in [9.17, 15) is 33.6 Å². The molecule has 0 aromatic rings. The molecule has 2 atom stereocenters. The van der Waals surface area contributed by atoms with E-state index in [1.54, 1.807) is 26.2 Å². The number of hydrogen-bond acceptors (Lipinski definition) is 9. The number of rotatable bonds is 13. The fourth-order valence-electron chi connectivity index (χ4n) is 2.51. The average molecular weight is 459 g/mol. The summed E-state index contributed by atoms with van der Waals surface area (Å²) in [5.74, 6) is -1.80. The van der Waals surface area contributed by atoms with E-state index in [1.807, 2.05) is 0 Å². The lowest BCUT2D eigenvalue weighted by Gasteiger charge is -2.38. The summed E-state index contributed by atoms with van der Waals surface area (Å²) in [6.07, 6.45) is -0.986. The van der Waals surface area contributed by atoms with Crippen molar-refractivity contribution in [1.29, 1.82) is 10.5 Å². The van der Waals surface area contributed by atoms with Gasteiger partial charge < -0.3 is 14.3 Å². The van der Waals surface area contributed by atoms with Crippen LogP contribution < -0.4 is 0 Å². The maximum atomic E-state index is 11.6. The molecule has 0 rings (SSSR count). The Kier molecular flexibility index (Phi) is 10.4. The van der Waals surface area contributed by atoms with Crippen LogP contribution in [0.1, 0.15) is 33.1 Å². The number of carbonyl (C=O) groups excluding carboxylic acids is 1. The Bertz CT molecular complexity index is 885. The Morgan fingerprint density at radius 2 is 1.84 bits per heavy atom. The normalized spacial score (nSPS) is 14.3. The van der Waals surface area contributed by atoms with E-state index in [1.165, 1.54) is 13.8 Å². The van der Waals surface area contributed by atoms with Gasteiger partial charge in [-0.25, -0.2) is 4.79 Å². The van der Waals surface area contributed by atoms with E-state index in [2.05, 4.69) is 16.8 Å². The highest BCUT2D eigenvalue weighted by Crippen LogP contribution is 2.26. The number of azo groups is 1. The van der Waals surface area contributed by atoms with Crippen molar-refractivity contribution >= 4 is 22.1 Å². The van der Waals surface area contributed by atoms with Crippen LogP contribution in [-0.4, -0.2) is 78.7 Å². The minimum Gasteiger partial charge on any atom is -0.481 e. The van der Waals surface area contributed by atoms with Gasteiger partial charge in [-0.15, -0.1) is 0 Å². The van der Waals surface area contributed by atoms with Gasteiger partial charge in [0.2, 0.25) is 0 Å². The third kappa shape index (κ3) is 9.21. The Morgan fingerprint density at radius 1 is 1.29 bits per heavy atom. The van der Waals surface area contributed by atoms with E-state index in [0.717, 1.165) is 0 Å². The topological polar surface area (TPSA) is 190 Å². The first kappa shape index (κ1) is 28.1. The lowest BCUT2D eigenvalue weighted by atomic mass is 9.91. The molecule has 172 valence electrons. The summed E-state index contributed by atoms with van der Waals surface area (Å²) in [6.45, 7) is 6.44. The second-order valence-electron chi connectivity index (χ2n) is 7.55. The van der Waals surface area contributed by atoms with Gasteiger partial charge >= 0.3 is 11.9 Å². The van der Waals surface area contributed by atoms with Crippen molar-refractivity contribution in [2.45, 2.75) is 50.1 Å². The molecule has 2 unspecified atom stereocenters. The van der Waals surface area contributed by atoms with Crippen molar-refractivity contribution in [2.24, 2.45) is 10.2 Å². The van der Waals surface area contributed by atoms with Gasteiger partial charge in [-0.05, 0) is 13.3 Å². The number of esters is 1. The molecule has 0 spiro atoms. The number of nitriles is 2. The molecule has 0 saturated carbocycles. The summed E-state index contributed by atoms with van der Waals surface area (Å²) in [5.41, 5.74) is -1.98. The molecule has 0 heterocycles. The van der Waals surface area contributed by atoms with Crippen molar-refractivity contribution < 1.29 is 36.9 Å². The zero-order valence-electron chi connectivity index (χ0n) is 18.0. The quantitative estimate of drug-likeness (QED) is 0.134. The van der Waals surface area contributed by atoms with E-state index >= 15 is 0 Å². The number of quaternary nitrogens is 1. The molecule has 0 aliphatic rings. The largest absolute Gasteiger partial charge is 0.481 e. The van der Waals surface area contributed by atoms with Gasteiger partial charge in [-0.1, -0.05) is 13.5 Å². The molecule has 2 N–H and O–H groups in total. The van der Waals surface area contributed by atoms with Gasteiger partial charge in [-0.3, -0.25) is 9.35 Å². The van der Waals surface area contributed by atoms with Crippen LogP contribution in [0.5, 0.6) is 0 Å². The van der Waals surface area contributed by atoms with Crippen LogP contribution in [0, 0.1) is 22.7 Å². The van der Waals surface area contributed by atoms with Crippen molar-refractivity contribution in [3.05, 3.63) is 12.2 Å². The lowest BCUT2D eigenvalue weighted by Crippen LogP contribution is -2.54. The van der Waals surface area contributed by atoms with Crippen molar-refractivity contribution in [3.8, 4) is 12.1 Å². The monoisotopic (exact) mass is 458 g/mol. The second-order valence-corrected chi connectivity index (χ2v) is 9.13. The third-order valence-electron chi connectivity index (χ3n) is 4.60. The molecule has 0 radical (unpaired) electrons. The number of carboxylic acid groups (broad SMARTS) is 1. The number of nitrogens with zero attached hydrogens (tertiary/aromatic N) is 5. The molecule has 0 fully saturated rings. The molecule has 0 aliphatic carbocycles. The minimum absolute atomic E-state index is 0.0497. The van der Waals surface area contributed by atoms with E-state index in [-0.39, 0.29) is 36.0 Å². The van der Waals surface area contributed by atoms with Gasteiger partial charge in [0.1, 0.15) is 31.3 Å². The van der Waals surface area contributed by atoms with Gasteiger partial charge in [0.15, 0.2) is 5.37 Å². The minimum atomic E-state index is -4.59. The third-order valence-corrected chi connectivity index (χ3v) is 5.71. The van der Waals surface area contributed by atoms with Crippen LogP contribution in [0.15, 0.2) is 22.4 Å². The fourth-order valence-corrected chi connectivity index (χ4v) is 3.09. The molecule has 0 bridgehead atoms. The van der Waals surface area contributed by atoms with Crippen LogP contribution in [0.25, 0.3) is 0 Å². The van der Waals surface area contributed by atoms with Crippen LogP contribution >= 0.6 is 0 Å². The van der Waals surface area contributed by atoms with Crippen LogP contribution in [-0.2, 0) is 24.4 Å². The summed E-state index contributed by atoms with van der Waals surface area (Å²) in [5, 5.41) is 33.8. The average Bonchev–Trinajstić information content (AvgIpc) is 2.65. The Balaban J connectivity index is 5.81. The first-order valence-corrected chi connectivity index (χ1v) is 10.7. The Morgan fingerprint density at radius 3 is 2.23 bits per heavy atom. The zero-order chi connectivity index (χ0) is 24.5. The fraction of sp³-hybridized carbons (Fsp3) is 0.667. The smallest absolute Gasteiger partial charge is 0.333 e. The van der Waals surface area contributed by atoms with Crippen molar-refractivity contribution in [1.82, 2.24) is 0 Å². The summed E-state index contributed by atoms with van der Waals surface area (Å²) in [7, 11) is -1.33. The Hall–Kier alpha value is -2.87. The maximum Gasteiger partial charge on any atom is 0.333 e. The van der Waals surface area contributed by atoms with E-state index < -0.39 is 45.4 Å². The molecule has 0 aromatic carbocycles. The van der Waals surface area contributed by atoms with Crippen LogP contribution in [0.4, 0.5) is 0 Å². The Labute approximate surface area is 181 Å². The molecular formula is C18H28N5O7S+. The second kappa shape index (κ2) is 11.5. The molecule has 0 saturated heterocycles. The number of carboxylic acids is 1. The van der Waals surface area contributed by atoms with Gasteiger partial charge in [0.25, 0.3) is 15.7 Å². The van der Waals surface area contributed by atoms with E-state index in [0.29, 0.717) is 0 Å². The van der Waals surface area contributed by atoms with Crippen molar-refractivity contribution in [3.63, 3.8) is 0 Å². The highest BCUT2D eigenvalue weighted by molar-refractivity contribution is 7.86. The molecule has 0 aromatic heterocycles. The van der Waals surface area contributed by atoms with Crippen molar-refractivity contribution in [2.75, 3.05) is 27.2 Å². The first-order chi connectivity index (χ1) is 14.1. The summed E-state index contributed by atoms with van der Waals surface area (Å²) >= 11 is 0. The van der Waals surface area contributed by atoms with Crippen LogP contribution in [0.3, 0.4) is 0 Å². The molecule has 31 heavy (non-hydrogen) atoms. The number of likely N-dealkylation sites (N-methyl/N-ethyl adjacent to an activating group) is 1. The summed E-state index contributed by atoms with van der Waals surface area (Å²) in [4.78, 5) is 22.9. The molecule has 13 heteroatoms. The summed E-state index contributed by atoms with van der Waals surface area (Å²) < 4.78 is 36.8. The highest BCUT2D eigenvalue weighted by Gasteiger charge is 2.42. The molecular weight excluding hydrogens is 430 g/mol. The number of ether oxygens (including phenoxy) is 1. The molecule has 12 nitrogen and oxygen atoms in total. The SMILES string of the molecule is C=C(C)C(=O)OCC[N+](C)(C)C(CC(=O)O)CC(C#N)(C#N)N=NC(CC)S(=O)(=O)O. The van der Waals surface area contributed by atoms with Gasteiger partial charge in [0, 0.05) is 5.57 Å².